The molecule has 0 radical (unpaired) electrons. The monoisotopic (exact) mass is 293 g/mol. The third-order valence-corrected chi connectivity index (χ3v) is 3.55. The first kappa shape index (κ1) is 10.6. The predicted molar refractivity (Wildman–Crippen MR) is 72.3 cm³/mol. The molecule has 0 spiro atoms. The van der Waals surface area contributed by atoms with Gasteiger partial charge >= 0.3 is 0 Å². The van der Waals surface area contributed by atoms with E-state index in [2.05, 4.69) is 36.5 Å². The van der Waals surface area contributed by atoms with Gasteiger partial charge in [0.25, 0.3) is 0 Å². The lowest BCUT2D eigenvalue weighted by molar-refractivity contribution is 0.945. The van der Waals surface area contributed by atoms with Crippen molar-refractivity contribution in [1.82, 2.24) is 14.9 Å². The first-order valence-electron chi connectivity index (χ1n) is 5.40. The number of aromatic nitrogens is 2. The van der Waals surface area contributed by atoms with E-state index in [1.165, 1.54) is 0 Å². The summed E-state index contributed by atoms with van der Waals surface area (Å²) in [6, 6.07) is 4.00. The molecule has 0 saturated heterocycles. The topological polar surface area (TPSA) is 54.2 Å². The standard InChI is InChI=1S/C11H12BrN5/c1-17-6-15-8-3-2-7(9(12)10(8)17)16-11-13-4-5-14-11/h2-3,6H,4-5H2,1H3,(H2,13,14,16). The average molecular weight is 294 g/mol. The van der Waals surface area contributed by atoms with E-state index in [-0.39, 0.29) is 0 Å². The number of nitrogens with one attached hydrogen (secondary N) is 2. The van der Waals surface area contributed by atoms with Gasteiger partial charge in [0.2, 0.25) is 0 Å². The van der Waals surface area contributed by atoms with Crippen LogP contribution >= 0.6 is 15.9 Å². The lowest BCUT2D eigenvalue weighted by atomic mass is 10.2. The van der Waals surface area contributed by atoms with E-state index in [0.717, 1.165) is 40.2 Å². The maximum atomic E-state index is 4.31. The summed E-state index contributed by atoms with van der Waals surface area (Å²) in [5.74, 6) is 0.826. The normalized spacial score (nSPS) is 14.8. The van der Waals surface area contributed by atoms with Gasteiger partial charge in [-0.3, -0.25) is 4.99 Å². The summed E-state index contributed by atoms with van der Waals surface area (Å²) < 4.78 is 3.00. The Kier molecular flexibility index (Phi) is 2.51. The fraction of sp³-hybridized carbons (Fsp3) is 0.273. The Morgan fingerprint density at radius 1 is 1.47 bits per heavy atom. The first-order valence-corrected chi connectivity index (χ1v) is 6.20. The molecule has 88 valence electrons. The van der Waals surface area contributed by atoms with Gasteiger partial charge in [0.15, 0.2) is 5.96 Å². The molecule has 0 fully saturated rings. The van der Waals surface area contributed by atoms with Crippen LogP contribution < -0.4 is 10.6 Å². The lowest BCUT2D eigenvalue weighted by Gasteiger charge is -2.09. The summed E-state index contributed by atoms with van der Waals surface area (Å²) in [4.78, 5) is 8.62. The van der Waals surface area contributed by atoms with Gasteiger partial charge in [-0.2, -0.15) is 0 Å². The van der Waals surface area contributed by atoms with Crippen LogP contribution in [0.1, 0.15) is 0 Å². The first-order chi connectivity index (χ1) is 8.25. The minimum atomic E-state index is 0.826. The molecular formula is C11H12BrN5. The second kappa shape index (κ2) is 4.03. The van der Waals surface area contributed by atoms with E-state index in [1.807, 2.05) is 30.1 Å². The van der Waals surface area contributed by atoms with Gasteiger partial charge in [-0.1, -0.05) is 0 Å². The van der Waals surface area contributed by atoms with Crippen molar-refractivity contribution in [3.8, 4) is 0 Å². The molecule has 2 aromatic rings. The number of halogens is 1. The predicted octanol–water partition coefficient (Wildman–Crippen LogP) is 1.71. The van der Waals surface area contributed by atoms with Crippen LogP contribution in [0, 0.1) is 0 Å². The van der Waals surface area contributed by atoms with E-state index < -0.39 is 0 Å². The highest BCUT2D eigenvalue weighted by atomic mass is 79.9. The van der Waals surface area contributed by atoms with Crippen LogP contribution in [0.3, 0.4) is 0 Å². The summed E-state index contributed by atoms with van der Waals surface area (Å²) in [5.41, 5.74) is 3.05. The Morgan fingerprint density at radius 2 is 2.35 bits per heavy atom. The SMILES string of the molecule is Cn1cnc2ccc(NC3=NCCN3)c(Br)c21. The Labute approximate surface area is 107 Å². The van der Waals surface area contributed by atoms with E-state index in [1.54, 1.807) is 0 Å². The largest absolute Gasteiger partial charge is 0.354 e. The van der Waals surface area contributed by atoms with E-state index >= 15 is 0 Å². The zero-order chi connectivity index (χ0) is 11.8. The molecule has 17 heavy (non-hydrogen) atoms. The van der Waals surface area contributed by atoms with Gasteiger partial charge in [0.1, 0.15) is 0 Å². The number of rotatable bonds is 1. The molecule has 1 aliphatic heterocycles. The van der Waals surface area contributed by atoms with Gasteiger partial charge in [-0.05, 0) is 28.1 Å². The third-order valence-electron chi connectivity index (χ3n) is 2.74. The third kappa shape index (κ3) is 1.78. The van der Waals surface area contributed by atoms with Gasteiger partial charge in [-0.25, -0.2) is 4.98 Å². The maximum Gasteiger partial charge on any atom is 0.195 e. The molecule has 1 aromatic carbocycles. The zero-order valence-electron chi connectivity index (χ0n) is 9.37. The molecule has 0 bridgehead atoms. The van der Waals surface area contributed by atoms with E-state index in [9.17, 15) is 0 Å². The molecule has 2 N–H and O–H groups in total. The molecule has 0 aliphatic carbocycles. The maximum absolute atomic E-state index is 4.31. The summed E-state index contributed by atoms with van der Waals surface area (Å²) in [7, 11) is 1.98. The highest BCUT2D eigenvalue weighted by molar-refractivity contribution is 9.10. The van der Waals surface area contributed by atoms with E-state index in [4.69, 9.17) is 0 Å². The van der Waals surface area contributed by atoms with E-state index in [0.29, 0.717) is 0 Å². The van der Waals surface area contributed by atoms with Crippen molar-refractivity contribution in [2.45, 2.75) is 0 Å². The van der Waals surface area contributed by atoms with Crippen LogP contribution in [0.4, 0.5) is 5.69 Å². The number of benzene rings is 1. The number of hydrogen-bond donors (Lipinski definition) is 2. The van der Waals surface area contributed by atoms with Crippen LogP contribution in [0.5, 0.6) is 0 Å². The smallest absolute Gasteiger partial charge is 0.195 e. The van der Waals surface area contributed by atoms with Crippen molar-refractivity contribution in [1.29, 1.82) is 0 Å². The van der Waals surface area contributed by atoms with Crippen molar-refractivity contribution in [3.05, 3.63) is 22.9 Å². The molecule has 1 aliphatic rings. The number of guanidine groups is 1. The number of anilines is 1. The van der Waals surface area contributed by atoms with Crippen LogP contribution in [-0.4, -0.2) is 28.6 Å². The molecule has 0 unspecified atom stereocenters. The number of aryl methyl sites for hydroxylation is 1. The molecule has 3 rings (SSSR count). The highest BCUT2D eigenvalue weighted by Gasteiger charge is 2.11. The highest BCUT2D eigenvalue weighted by Crippen LogP contribution is 2.30. The van der Waals surface area contributed by atoms with Crippen molar-refractivity contribution in [3.63, 3.8) is 0 Å². The van der Waals surface area contributed by atoms with Gasteiger partial charge in [-0.15, -0.1) is 0 Å². The zero-order valence-corrected chi connectivity index (χ0v) is 11.0. The van der Waals surface area contributed by atoms with Crippen LogP contribution in [-0.2, 0) is 7.05 Å². The number of fused-ring (bicyclic) bond motifs is 1. The Bertz CT molecular complexity index is 601. The number of nitrogens with zero attached hydrogens (tertiary/aromatic N) is 3. The second-order valence-corrected chi connectivity index (χ2v) is 4.73. The van der Waals surface area contributed by atoms with Crippen molar-refractivity contribution in [2.24, 2.45) is 12.0 Å². The second-order valence-electron chi connectivity index (χ2n) is 3.93. The number of aliphatic imine (C=N–C) groups is 1. The Morgan fingerprint density at radius 3 is 3.12 bits per heavy atom. The van der Waals surface area contributed by atoms with Gasteiger partial charge in [0.05, 0.1) is 34.1 Å². The fourth-order valence-corrected chi connectivity index (χ4v) is 2.62. The molecular weight excluding hydrogens is 282 g/mol. The fourth-order valence-electron chi connectivity index (χ4n) is 1.91. The van der Waals surface area contributed by atoms with Crippen molar-refractivity contribution >= 4 is 38.6 Å². The molecule has 2 heterocycles. The quantitative estimate of drug-likeness (QED) is 0.842. The molecule has 1 aromatic heterocycles. The summed E-state index contributed by atoms with van der Waals surface area (Å²) in [6.07, 6.45) is 1.81. The molecule has 0 atom stereocenters. The lowest BCUT2D eigenvalue weighted by Crippen LogP contribution is -2.26. The molecule has 5 nitrogen and oxygen atoms in total. The van der Waals surface area contributed by atoms with Crippen molar-refractivity contribution < 1.29 is 0 Å². The summed E-state index contributed by atoms with van der Waals surface area (Å²) >= 11 is 3.61. The van der Waals surface area contributed by atoms with Crippen molar-refractivity contribution in [2.75, 3.05) is 18.4 Å². The van der Waals surface area contributed by atoms with Crippen LogP contribution in [0.25, 0.3) is 11.0 Å². The number of imidazole rings is 1. The Hall–Kier alpha value is -1.56. The minimum Gasteiger partial charge on any atom is -0.354 e. The molecule has 0 saturated carbocycles. The average Bonchev–Trinajstić information content (AvgIpc) is 2.93. The van der Waals surface area contributed by atoms with Crippen LogP contribution in [0.2, 0.25) is 0 Å². The number of hydrogen-bond acceptors (Lipinski definition) is 4. The minimum absolute atomic E-state index is 0.826. The molecule has 6 heteroatoms. The summed E-state index contributed by atoms with van der Waals surface area (Å²) in [5, 5.41) is 6.45. The van der Waals surface area contributed by atoms with Crippen LogP contribution in [0.15, 0.2) is 27.9 Å². The Balaban J connectivity index is 2.04. The molecule has 0 amide bonds. The summed E-state index contributed by atoms with van der Waals surface area (Å²) in [6.45, 7) is 1.72. The van der Waals surface area contributed by atoms with Gasteiger partial charge < -0.3 is 15.2 Å². The van der Waals surface area contributed by atoms with Gasteiger partial charge in [0, 0.05) is 13.6 Å².